The van der Waals surface area contributed by atoms with Crippen LogP contribution in [0.15, 0.2) is 40.1 Å². The highest BCUT2D eigenvalue weighted by atomic mass is 16.5. The molecule has 0 saturated carbocycles. The second-order valence-electron chi connectivity index (χ2n) is 7.21. The molecule has 1 aromatic heterocycles. The van der Waals surface area contributed by atoms with Crippen LogP contribution in [0.4, 0.5) is 4.79 Å². The number of aromatic nitrogens is 2. The first kappa shape index (κ1) is 19.9. The van der Waals surface area contributed by atoms with E-state index in [1.165, 1.54) is 4.90 Å². The van der Waals surface area contributed by atoms with Crippen molar-refractivity contribution in [2.75, 3.05) is 13.7 Å². The van der Waals surface area contributed by atoms with E-state index < -0.39 is 12.0 Å². The van der Waals surface area contributed by atoms with E-state index in [9.17, 15) is 9.59 Å². The molecule has 2 aromatic rings. The van der Waals surface area contributed by atoms with Gasteiger partial charge >= 0.3 is 12.0 Å². The van der Waals surface area contributed by atoms with Crippen LogP contribution in [-0.2, 0) is 16.1 Å². The topological polar surface area (TPSA) is 107 Å². The Morgan fingerprint density at radius 1 is 1.27 bits per heavy atom. The Bertz CT molecular complexity index is 995. The van der Waals surface area contributed by atoms with Crippen LogP contribution in [0.1, 0.15) is 55.9 Å². The maximum absolute atomic E-state index is 13.0. The average molecular weight is 412 g/mol. The number of hydrogen-bond donors (Lipinski definition) is 1. The van der Waals surface area contributed by atoms with Crippen LogP contribution < -0.4 is 10.1 Å². The number of amides is 2. The smallest absolute Gasteiger partial charge is 0.338 e. The van der Waals surface area contributed by atoms with E-state index in [4.69, 9.17) is 14.0 Å². The predicted molar refractivity (Wildman–Crippen MR) is 105 cm³/mol. The standard InChI is InChI=1S/C21H24N4O5/c1-4-12(5-2)19-22-16(24-30-19)10-25-14-11-29-20(26)17(14)18(23-21(25)27)13-8-6-7-9-15(13)28-3/h6-9,12,18H,4-5,10-11H2,1-3H3,(H,23,27)/t18-/m0/s1. The SMILES string of the molecule is CCC(CC)c1nc(CN2C(=O)N[C@@H](c3ccccc3OC)C3=C2COC3=O)no1. The number of nitrogens with one attached hydrogen (secondary N) is 1. The maximum atomic E-state index is 13.0. The summed E-state index contributed by atoms with van der Waals surface area (Å²) in [5.41, 5.74) is 1.59. The molecule has 1 aromatic carbocycles. The Morgan fingerprint density at radius 2 is 2.03 bits per heavy atom. The zero-order valence-corrected chi connectivity index (χ0v) is 17.2. The molecular weight excluding hydrogens is 388 g/mol. The molecule has 2 amide bonds. The molecule has 0 unspecified atom stereocenters. The molecule has 0 aliphatic carbocycles. The van der Waals surface area contributed by atoms with Crippen molar-refractivity contribution >= 4 is 12.0 Å². The number of methoxy groups -OCH3 is 1. The number of rotatable bonds is 7. The lowest BCUT2D eigenvalue weighted by Gasteiger charge is -2.32. The van der Waals surface area contributed by atoms with Gasteiger partial charge in [0.05, 0.1) is 31.0 Å². The lowest BCUT2D eigenvalue weighted by atomic mass is 9.95. The van der Waals surface area contributed by atoms with Gasteiger partial charge in [0.25, 0.3) is 0 Å². The summed E-state index contributed by atoms with van der Waals surface area (Å²) >= 11 is 0. The number of urea groups is 1. The van der Waals surface area contributed by atoms with Gasteiger partial charge in [0, 0.05) is 11.5 Å². The van der Waals surface area contributed by atoms with Gasteiger partial charge in [0.2, 0.25) is 5.89 Å². The first-order valence-corrected chi connectivity index (χ1v) is 10.0. The number of benzene rings is 1. The molecule has 0 saturated heterocycles. The predicted octanol–water partition coefficient (Wildman–Crippen LogP) is 3.06. The quantitative estimate of drug-likeness (QED) is 0.697. The van der Waals surface area contributed by atoms with E-state index in [0.717, 1.165) is 12.8 Å². The number of carbonyl (C=O) groups excluding carboxylic acids is 2. The number of carbonyl (C=O) groups is 2. The van der Waals surface area contributed by atoms with Crippen LogP contribution in [0, 0.1) is 0 Å². The highest BCUT2D eigenvalue weighted by Crippen LogP contribution is 2.38. The summed E-state index contributed by atoms with van der Waals surface area (Å²) in [4.78, 5) is 31.4. The molecule has 3 heterocycles. The number of para-hydroxylation sites is 1. The van der Waals surface area contributed by atoms with Crippen molar-refractivity contribution in [3.8, 4) is 5.75 Å². The number of cyclic esters (lactones) is 1. The third-order valence-corrected chi connectivity index (χ3v) is 5.57. The van der Waals surface area contributed by atoms with Gasteiger partial charge in [-0.2, -0.15) is 4.98 Å². The summed E-state index contributed by atoms with van der Waals surface area (Å²) in [5.74, 6) is 1.25. The van der Waals surface area contributed by atoms with Gasteiger partial charge in [0.15, 0.2) is 5.82 Å². The van der Waals surface area contributed by atoms with Crippen LogP contribution >= 0.6 is 0 Å². The van der Waals surface area contributed by atoms with Crippen LogP contribution in [0.2, 0.25) is 0 Å². The van der Waals surface area contributed by atoms with Crippen molar-refractivity contribution in [1.82, 2.24) is 20.4 Å². The van der Waals surface area contributed by atoms with Gasteiger partial charge in [-0.1, -0.05) is 37.2 Å². The van der Waals surface area contributed by atoms with Gasteiger partial charge in [0.1, 0.15) is 12.4 Å². The summed E-state index contributed by atoms with van der Waals surface area (Å²) < 4.78 is 16.1. The fraction of sp³-hybridized carbons (Fsp3) is 0.429. The van der Waals surface area contributed by atoms with Gasteiger partial charge in [-0.3, -0.25) is 4.90 Å². The minimum Gasteiger partial charge on any atom is -0.496 e. The second-order valence-corrected chi connectivity index (χ2v) is 7.21. The molecule has 9 heteroatoms. The molecule has 1 atom stereocenters. The van der Waals surface area contributed by atoms with Crippen molar-refractivity contribution < 1.29 is 23.6 Å². The van der Waals surface area contributed by atoms with Crippen molar-refractivity contribution in [3.05, 3.63) is 52.8 Å². The van der Waals surface area contributed by atoms with Crippen LogP contribution in [0.5, 0.6) is 5.75 Å². The zero-order valence-electron chi connectivity index (χ0n) is 17.2. The summed E-state index contributed by atoms with van der Waals surface area (Å²) in [6.45, 7) is 4.23. The van der Waals surface area contributed by atoms with Crippen LogP contribution in [0.3, 0.4) is 0 Å². The Morgan fingerprint density at radius 3 is 2.77 bits per heavy atom. The minimum atomic E-state index is -0.653. The lowest BCUT2D eigenvalue weighted by Crippen LogP contribution is -2.47. The minimum absolute atomic E-state index is 0.0183. The summed E-state index contributed by atoms with van der Waals surface area (Å²) in [7, 11) is 1.55. The van der Waals surface area contributed by atoms with E-state index in [-0.39, 0.29) is 25.1 Å². The van der Waals surface area contributed by atoms with Crippen LogP contribution in [-0.4, -0.2) is 40.8 Å². The molecule has 30 heavy (non-hydrogen) atoms. The van der Waals surface area contributed by atoms with Gasteiger partial charge in [-0.25, -0.2) is 9.59 Å². The molecule has 4 rings (SSSR count). The van der Waals surface area contributed by atoms with Gasteiger partial charge in [-0.15, -0.1) is 0 Å². The number of esters is 1. The molecule has 0 bridgehead atoms. The van der Waals surface area contributed by atoms with Crippen molar-refractivity contribution in [1.29, 1.82) is 0 Å². The van der Waals surface area contributed by atoms with E-state index >= 15 is 0 Å². The second kappa shape index (κ2) is 8.17. The Labute approximate surface area is 174 Å². The molecular formula is C21H24N4O5. The summed E-state index contributed by atoms with van der Waals surface area (Å²) in [6, 6.07) is 6.24. The number of ether oxygens (including phenoxy) is 2. The molecule has 2 aliphatic rings. The fourth-order valence-electron chi connectivity index (χ4n) is 3.89. The first-order valence-electron chi connectivity index (χ1n) is 10.0. The highest BCUT2D eigenvalue weighted by molar-refractivity contribution is 5.97. The van der Waals surface area contributed by atoms with Crippen molar-refractivity contribution in [3.63, 3.8) is 0 Å². The highest BCUT2D eigenvalue weighted by Gasteiger charge is 2.43. The van der Waals surface area contributed by atoms with Crippen LogP contribution in [0.25, 0.3) is 0 Å². The van der Waals surface area contributed by atoms with E-state index in [2.05, 4.69) is 29.3 Å². The normalized spacial score (nSPS) is 18.5. The molecule has 2 aliphatic heterocycles. The molecule has 0 radical (unpaired) electrons. The Hall–Kier alpha value is -3.36. The third kappa shape index (κ3) is 3.40. The van der Waals surface area contributed by atoms with E-state index in [1.54, 1.807) is 13.2 Å². The largest absolute Gasteiger partial charge is 0.496 e. The number of hydrogen-bond acceptors (Lipinski definition) is 7. The van der Waals surface area contributed by atoms with E-state index in [1.807, 2.05) is 18.2 Å². The summed E-state index contributed by atoms with van der Waals surface area (Å²) in [5, 5.41) is 6.92. The molecule has 0 spiro atoms. The Kier molecular flexibility index (Phi) is 5.43. The molecule has 158 valence electrons. The van der Waals surface area contributed by atoms with Gasteiger partial charge < -0.3 is 19.3 Å². The average Bonchev–Trinajstić information content (AvgIpc) is 3.38. The monoisotopic (exact) mass is 412 g/mol. The first-order chi connectivity index (χ1) is 14.6. The summed E-state index contributed by atoms with van der Waals surface area (Å²) in [6.07, 6.45) is 1.78. The maximum Gasteiger partial charge on any atom is 0.338 e. The Balaban J connectivity index is 1.67. The number of nitrogens with zero attached hydrogens (tertiary/aromatic N) is 3. The zero-order chi connectivity index (χ0) is 21.3. The fourth-order valence-corrected chi connectivity index (χ4v) is 3.89. The van der Waals surface area contributed by atoms with Crippen molar-refractivity contribution in [2.24, 2.45) is 0 Å². The van der Waals surface area contributed by atoms with E-state index in [0.29, 0.717) is 34.3 Å². The van der Waals surface area contributed by atoms with Gasteiger partial charge in [-0.05, 0) is 18.9 Å². The molecule has 9 nitrogen and oxygen atoms in total. The van der Waals surface area contributed by atoms with Crippen molar-refractivity contribution in [2.45, 2.75) is 45.2 Å². The third-order valence-electron chi connectivity index (χ3n) is 5.57. The molecule has 1 N–H and O–H groups in total. The lowest BCUT2D eigenvalue weighted by molar-refractivity contribution is -0.136. The molecule has 0 fully saturated rings.